The first-order valence-corrected chi connectivity index (χ1v) is 7.46. The first kappa shape index (κ1) is 15.5. The first-order valence-electron chi connectivity index (χ1n) is 6.67. The Kier molecular flexibility index (Phi) is 5.33. The van der Waals surface area contributed by atoms with Gasteiger partial charge >= 0.3 is 0 Å². The van der Waals surface area contributed by atoms with Gasteiger partial charge in [-0.05, 0) is 30.7 Å². The summed E-state index contributed by atoms with van der Waals surface area (Å²) >= 11 is 3.43. The van der Waals surface area contributed by atoms with E-state index in [1.165, 1.54) is 12.1 Å². The molecule has 0 saturated heterocycles. The predicted octanol–water partition coefficient (Wildman–Crippen LogP) is 3.95. The topological polar surface area (TPSA) is 41.1 Å². The summed E-state index contributed by atoms with van der Waals surface area (Å²) < 4.78 is 14.7. The van der Waals surface area contributed by atoms with Crippen LogP contribution in [-0.4, -0.2) is 12.5 Å². The number of benzene rings is 2. The maximum Gasteiger partial charge on any atom is 0.253 e. The van der Waals surface area contributed by atoms with Crippen molar-refractivity contribution >= 4 is 27.5 Å². The fourth-order valence-corrected chi connectivity index (χ4v) is 2.41. The van der Waals surface area contributed by atoms with E-state index < -0.39 is 5.82 Å². The van der Waals surface area contributed by atoms with Gasteiger partial charge in [0.25, 0.3) is 5.91 Å². The van der Waals surface area contributed by atoms with E-state index in [0.717, 1.165) is 10.0 Å². The highest BCUT2D eigenvalue weighted by atomic mass is 79.9. The van der Waals surface area contributed by atoms with E-state index in [4.69, 9.17) is 0 Å². The fourth-order valence-electron chi connectivity index (χ4n) is 1.98. The van der Waals surface area contributed by atoms with Gasteiger partial charge in [0.1, 0.15) is 5.82 Å². The van der Waals surface area contributed by atoms with Gasteiger partial charge < -0.3 is 10.6 Å². The molecule has 1 amide bonds. The third-order valence-electron chi connectivity index (χ3n) is 3.01. The SMILES string of the molecule is CCNc1c(F)cccc1C(=O)NCc1ccccc1Br. The van der Waals surface area contributed by atoms with Crippen molar-refractivity contribution in [2.75, 3.05) is 11.9 Å². The third kappa shape index (κ3) is 3.82. The number of rotatable bonds is 5. The molecule has 2 N–H and O–H groups in total. The van der Waals surface area contributed by atoms with Crippen LogP contribution in [0.3, 0.4) is 0 Å². The number of amides is 1. The molecule has 0 aliphatic heterocycles. The average molecular weight is 351 g/mol. The number of carbonyl (C=O) groups is 1. The van der Waals surface area contributed by atoms with Crippen LogP contribution in [0.1, 0.15) is 22.8 Å². The molecule has 21 heavy (non-hydrogen) atoms. The number of hydrogen-bond donors (Lipinski definition) is 2. The minimum absolute atomic E-state index is 0.240. The van der Waals surface area contributed by atoms with E-state index in [1.54, 1.807) is 6.07 Å². The zero-order valence-electron chi connectivity index (χ0n) is 11.6. The van der Waals surface area contributed by atoms with Crippen LogP contribution in [0.15, 0.2) is 46.9 Å². The van der Waals surface area contributed by atoms with Gasteiger partial charge in [-0.1, -0.05) is 40.2 Å². The molecule has 0 heterocycles. The van der Waals surface area contributed by atoms with Crippen molar-refractivity contribution in [1.82, 2.24) is 5.32 Å². The van der Waals surface area contributed by atoms with Gasteiger partial charge in [-0.25, -0.2) is 4.39 Å². The highest BCUT2D eigenvalue weighted by Crippen LogP contribution is 2.20. The van der Waals surface area contributed by atoms with Gasteiger partial charge in [0.2, 0.25) is 0 Å². The number of nitrogens with one attached hydrogen (secondary N) is 2. The Morgan fingerprint density at radius 2 is 1.95 bits per heavy atom. The van der Waals surface area contributed by atoms with Crippen LogP contribution in [-0.2, 0) is 6.54 Å². The minimum Gasteiger partial charge on any atom is -0.382 e. The Hall–Kier alpha value is -1.88. The summed E-state index contributed by atoms with van der Waals surface area (Å²) in [6, 6.07) is 12.1. The van der Waals surface area contributed by atoms with E-state index >= 15 is 0 Å². The van der Waals surface area contributed by atoms with Crippen molar-refractivity contribution in [2.24, 2.45) is 0 Å². The summed E-state index contributed by atoms with van der Waals surface area (Å²) in [5, 5.41) is 5.70. The lowest BCUT2D eigenvalue weighted by Gasteiger charge is -2.12. The molecule has 0 atom stereocenters. The Balaban J connectivity index is 2.14. The van der Waals surface area contributed by atoms with Crippen molar-refractivity contribution in [3.05, 3.63) is 63.9 Å². The molecule has 3 nitrogen and oxygen atoms in total. The van der Waals surface area contributed by atoms with Gasteiger partial charge in [0.05, 0.1) is 11.3 Å². The Labute approximate surface area is 131 Å². The van der Waals surface area contributed by atoms with E-state index in [-0.39, 0.29) is 11.6 Å². The van der Waals surface area contributed by atoms with Crippen LogP contribution in [0.25, 0.3) is 0 Å². The summed E-state index contributed by atoms with van der Waals surface area (Å²) in [7, 11) is 0. The second-order valence-corrected chi connectivity index (χ2v) is 5.32. The molecule has 0 aliphatic carbocycles. The quantitative estimate of drug-likeness (QED) is 0.857. The van der Waals surface area contributed by atoms with Crippen molar-refractivity contribution < 1.29 is 9.18 Å². The molecule has 5 heteroatoms. The summed E-state index contributed by atoms with van der Waals surface area (Å²) in [5.41, 5.74) is 1.51. The zero-order valence-corrected chi connectivity index (χ0v) is 13.2. The second kappa shape index (κ2) is 7.22. The Morgan fingerprint density at radius 3 is 2.67 bits per heavy atom. The van der Waals surface area contributed by atoms with Crippen molar-refractivity contribution in [2.45, 2.75) is 13.5 Å². The smallest absolute Gasteiger partial charge is 0.253 e. The molecule has 0 aromatic heterocycles. The monoisotopic (exact) mass is 350 g/mol. The lowest BCUT2D eigenvalue weighted by atomic mass is 10.1. The highest BCUT2D eigenvalue weighted by Gasteiger charge is 2.14. The molecule has 0 radical (unpaired) electrons. The number of para-hydroxylation sites is 1. The summed E-state index contributed by atoms with van der Waals surface area (Å²) in [5.74, 6) is -0.730. The van der Waals surface area contributed by atoms with Crippen LogP contribution in [0.4, 0.5) is 10.1 Å². The number of halogens is 2. The van der Waals surface area contributed by atoms with E-state index in [2.05, 4.69) is 26.6 Å². The summed E-state index contributed by atoms with van der Waals surface area (Å²) in [6.45, 7) is 2.78. The first-order chi connectivity index (χ1) is 10.1. The molecule has 2 aromatic rings. The molecule has 0 spiro atoms. The van der Waals surface area contributed by atoms with Crippen LogP contribution in [0.2, 0.25) is 0 Å². The molecular weight excluding hydrogens is 335 g/mol. The molecule has 0 saturated carbocycles. The Morgan fingerprint density at radius 1 is 1.19 bits per heavy atom. The Bertz CT molecular complexity index is 646. The van der Waals surface area contributed by atoms with Crippen LogP contribution < -0.4 is 10.6 Å². The van der Waals surface area contributed by atoms with E-state index in [1.807, 2.05) is 31.2 Å². The van der Waals surface area contributed by atoms with Gasteiger partial charge in [-0.3, -0.25) is 4.79 Å². The normalized spacial score (nSPS) is 10.2. The predicted molar refractivity (Wildman–Crippen MR) is 85.9 cm³/mol. The molecule has 110 valence electrons. The summed E-state index contributed by atoms with van der Waals surface area (Å²) in [4.78, 5) is 12.2. The van der Waals surface area contributed by atoms with Gasteiger partial charge in [0.15, 0.2) is 0 Å². The molecule has 0 unspecified atom stereocenters. The van der Waals surface area contributed by atoms with Crippen LogP contribution >= 0.6 is 15.9 Å². The zero-order chi connectivity index (χ0) is 15.2. The lowest BCUT2D eigenvalue weighted by Crippen LogP contribution is -2.24. The molecular formula is C16H16BrFN2O. The van der Waals surface area contributed by atoms with Crippen molar-refractivity contribution in [3.8, 4) is 0 Å². The molecule has 0 fully saturated rings. The van der Waals surface area contributed by atoms with Crippen molar-refractivity contribution in [3.63, 3.8) is 0 Å². The summed E-state index contributed by atoms with van der Waals surface area (Å²) in [6.07, 6.45) is 0. The van der Waals surface area contributed by atoms with Crippen LogP contribution in [0, 0.1) is 5.82 Å². The van der Waals surface area contributed by atoms with E-state index in [9.17, 15) is 9.18 Å². The molecule has 0 bridgehead atoms. The standard InChI is InChI=1S/C16H16BrFN2O/c1-2-19-15-12(7-5-9-14(15)18)16(21)20-10-11-6-3-4-8-13(11)17/h3-9,19H,2,10H2,1H3,(H,20,21). The highest BCUT2D eigenvalue weighted by molar-refractivity contribution is 9.10. The molecule has 0 aliphatic rings. The third-order valence-corrected chi connectivity index (χ3v) is 3.78. The number of anilines is 1. The number of hydrogen-bond acceptors (Lipinski definition) is 2. The van der Waals surface area contributed by atoms with E-state index in [0.29, 0.717) is 18.7 Å². The molecule has 2 aromatic carbocycles. The average Bonchev–Trinajstić information content (AvgIpc) is 2.48. The number of carbonyl (C=O) groups excluding carboxylic acids is 1. The maximum atomic E-state index is 13.8. The molecule has 2 rings (SSSR count). The minimum atomic E-state index is -0.426. The lowest BCUT2D eigenvalue weighted by molar-refractivity contribution is 0.0951. The fraction of sp³-hybridized carbons (Fsp3) is 0.188. The largest absolute Gasteiger partial charge is 0.382 e. The second-order valence-electron chi connectivity index (χ2n) is 4.47. The van der Waals surface area contributed by atoms with Gasteiger partial charge in [-0.15, -0.1) is 0 Å². The van der Waals surface area contributed by atoms with Crippen LogP contribution in [0.5, 0.6) is 0 Å². The van der Waals surface area contributed by atoms with Gasteiger partial charge in [0, 0.05) is 17.6 Å². The maximum absolute atomic E-state index is 13.8. The van der Waals surface area contributed by atoms with Gasteiger partial charge in [-0.2, -0.15) is 0 Å². The van der Waals surface area contributed by atoms with Crippen molar-refractivity contribution in [1.29, 1.82) is 0 Å².